The summed E-state index contributed by atoms with van der Waals surface area (Å²) >= 11 is 6.59. The molecule has 0 N–H and O–H groups in total. The summed E-state index contributed by atoms with van der Waals surface area (Å²) in [6, 6.07) is 11.8. The van der Waals surface area contributed by atoms with Gasteiger partial charge in [0.1, 0.15) is 23.6 Å². The average Bonchev–Trinajstić information content (AvgIpc) is 3.51. The van der Waals surface area contributed by atoms with E-state index in [1.807, 2.05) is 36.4 Å². The molecule has 1 aliphatic carbocycles. The van der Waals surface area contributed by atoms with Gasteiger partial charge in [0.25, 0.3) is 0 Å². The Hall–Kier alpha value is -3.07. The standard InChI is InChI=1S/C31H33ClFN5O2/c1-37-16-22(39-2)12-21(37)17-40-31-35-29-24(30(36-31)38-14-18-9-10-19(11-18)15-38)13-34-28(27(29)33)23-7-3-5-20-6-4-8-25(32)26(20)23/h3-8,13,18-19,21-22H,9-12,14-17H2,1-2H3/t18?,19?,21?,22-/m0/s1. The third-order valence-electron chi connectivity index (χ3n) is 9.05. The molecule has 2 aromatic heterocycles. The zero-order valence-corrected chi connectivity index (χ0v) is 23.6. The van der Waals surface area contributed by atoms with Crippen molar-refractivity contribution in [1.82, 2.24) is 19.9 Å². The van der Waals surface area contributed by atoms with Crippen LogP contribution in [0.25, 0.3) is 32.9 Å². The molecule has 7 nitrogen and oxygen atoms in total. The molecule has 2 bridgehead atoms. The van der Waals surface area contributed by atoms with Gasteiger partial charge in [0.05, 0.1) is 11.5 Å². The molecule has 3 unspecified atom stereocenters. The number of piperidine rings is 1. The largest absolute Gasteiger partial charge is 0.462 e. The highest BCUT2D eigenvalue weighted by molar-refractivity contribution is 6.36. The molecule has 1 saturated carbocycles. The predicted octanol–water partition coefficient (Wildman–Crippen LogP) is 5.97. The Bertz CT molecular complexity index is 1570. The van der Waals surface area contributed by atoms with Gasteiger partial charge in [-0.2, -0.15) is 9.97 Å². The number of benzene rings is 2. The second-order valence-corrected chi connectivity index (χ2v) is 12.0. The number of methoxy groups -OCH3 is 1. The fourth-order valence-corrected chi connectivity index (χ4v) is 7.24. The molecule has 3 fully saturated rings. The van der Waals surface area contributed by atoms with Crippen LogP contribution in [-0.4, -0.2) is 72.4 Å². The second-order valence-electron chi connectivity index (χ2n) is 11.6. The van der Waals surface area contributed by atoms with Crippen LogP contribution in [0.1, 0.15) is 25.7 Å². The third-order valence-corrected chi connectivity index (χ3v) is 9.36. The molecular weight excluding hydrogens is 529 g/mol. The second kappa shape index (κ2) is 10.4. The number of nitrogens with zero attached hydrogens (tertiary/aromatic N) is 5. The van der Waals surface area contributed by atoms with E-state index in [9.17, 15) is 0 Å². The van der Waals surface area contributed by atoms with Gasteiger partial charge in [-0.1, -0.05) is 41.9 Å². The van der Waals surface area contributed by atoms with E-state index in [0.717, 1.165) is 36.8 Å². The number of likely N-dealkylation sites (tertiary alicyclic amines) is 1. The van der Waals surface area contributed by atoms with Gasteiger partial charge in [0.2, 0.25) is 0 Å². The van der Waals surface area contributed by atoms with Crippen molar-refractivity contribution in [2.75, 3.05) is 45.3 Å². The Morgan fingerprint density at radius 2 is 1.80 bits per heavy atom. The number of likely N-dealkylation sites (N-methyl/N-ethyl adjacent to an activating group) is 1. The minimum atomic E-state index is -0.490. The summed E-state index contributed by atoms with van der Waals surface area (Å²) in [7, 11) is 3.81. The molecule has 4 heterocycles. The number of ether oxygens (including phenoxy) is 2. The van der Waals surface area contributed by atoms with E-state index in [1.165, 1.54) is 19.3 Å². The summed E-state index contributed by atoms with van der Waals surface area (Å²) in [5, 5.41) is 2.87. The first kappa shape index (κ1) is 25.9. The summed E-state index contributed by atoms with van der Waals surface area (Å²) in [5.41, 5.74) is 1.08. The third kappa shape index (κ3) is 4.56. The highest BCUT2D eigenvalue weighted by Crippen LogP contribution is 2.41. The summed E-state index contributed by atoms with van der Waals surface area (Å²) in [6.45, 7) is 3.07. The lowest BCUT2D eigenvalue weighted by Gasteiger charge is -2.33. The van der Waals surface area contributed by atoms with Crippen LogP contribution in [0.15, 0.2) is 42.6 Å². The maximum Gasteiger partial charge on any atom is 0.319 e. The van der Waals surface area contributed by atoms with Gasteiger partial charge in [-0.25, -0.2) is 4.39 Å². The van der Waals surface area contributed by atoms with Gasteiger partial charge >= 0.3 is 6.01 Å². The van der Waals surface area contributed by atoms with E-state index in [0.29, 0.717) is 40.2 Å². The molecule has 208 valence electrons. The van der Waals surface area contributed by atoms with Crippen molar-refractivity contribution < 1.29 is 13.9 Å². The molecule has 7 rings (SSSR count). The van der Waals surface area contributed by atoms with Crippen molar-refractivity contribution in [1.29, 1.82) is 0 Å². The monoisotopic (exact) mass is 561 g/mol. The first-order valence-electron chi connectivity index (χ1n) is 14.1. The number of rotatable bonds is 6. The van der Waals surface area contributed by atoms with Crippen LogP contribution >= 0.6 is 11.6 Å². The lowest BCUT2D eigenvalue weighted by molar-refractivity contribution is 0.111. The number of hydrogen-bond donors (Lipinski definition) is 0. The van der Waals surface area contributed by atoms with Crippen LogP contribution in [0.4, 0.5) is 10.2 Å². The van der Waals surface area contributed by atoms with Crippen LogP contribution in [0, 0.1) is 17.7 Å². The SMILES string of the molecule is CO[C@H]1CC(COc2nc(N3CC4CCC(C4)C3)c3cnc(-c4cccc5cccc(Cl)c45)c(F)c3n2)N(C)C1. The van der Waals surface area contributed by atoms with Crippen molar-refractivity contribution in [3.05, 3.63) is 53.4 Å². The molecule has 4 aromatic rings. The van der Waals surface area contributed by atoms with Crippen molar-refractivity contribution in [2.24, 2.45) is 11.8 Å². The van der Waals surface area contributed by atoms with Crippen LogP contribution < -0.4 is 9.64 Å². The average molecular weight is 562 g/mol. The topological polar surface area (TPSA) is 63.6 Å². The smallest absolute Gasteiger partial charge is 0.319 e. The van der Waals surface area contributed by atoms with E-state index in [1.54, 1.807) is 13.3 Å². The molecule has 2 aromatic carbocycles. The molecule has 9 heteroatoms. The highest BCUT2D eigenvalue weighted by atomic mass is 35.5. The molecule has 4 atom stereocenters. The Morgan fingerprint density at radius 1 is 1.02 bits per heavy atom. The summed E-state index contributed by atoms with van der Waals surface area (Å²) in [4.78, 5) is 18.7. The number of anilines is 1. The highest BCUT2D eigenvalue weighted by Gasteiger charge is 2.35. The normalized spacial score (nSPS) is 24.9. The number of aromatic nitrogens is 3. The van der Waals surface area contributed by atoms with Crippen LogP contribution in [0.3, 0.4) is 0 Å². The Morgan fingerprint density at radius 3 is 2.55 bits per heavy atom. The van der Waals surface area contributed by atoms with Gasteiger partial charge in [0, 0.05) is 55.0 Å². The van der Waals surface area contributed by atoms with Gasteiger partial charge in [-0.05, 0) is 56.0 Å². The number of hydrogen-bond acceptors (Lipinski definition) is 7. The van der Waals surface area contributed by atoms with E-state index >= 15 is 4.39 Å². The molecular formula is C31H33ClFN5O2. The van der Waals surface area contributed by atoms with Gasteiger partial charge in [-0.3, -0.25) is 9.88 Å². The number of fused-ring (bicyclic) bond motifs is 4. The van der Waals surface area contributed by atoms with Crippen molar-refractivity contribution >= 4 is 39.1 Å². The quantitative estimate of drug-likeness (QED) is 0.287. The molecule has 40 heavy (non-hydrogen) atoms. The summed E-state index contributed by atoms with van der Waals surface area (Å²) in [5.74, 6) is 1.50. The van der Waals surface area contributed by atoms with Crippen LogP contribution in [-0.2, 0) is 4.74 Å². The zero-order valence-electron chi connectivity index (χ0n) is 22.8. The number of pyridine rings is 1. The predicted molar refractivity (Wildman–Crippen MR) is 156 cm³/mol. The fourth-order valence-electron chi connectivity index (χ4n) is 6.95. The van der Waals surface area contributed by atoms with Gasteiger partial charge < -0.3 is 14.4 Å². The molecule has 2 saturated heterocycles. The zero-order chi connectivity index (χ0) is 27.4. The molecule has 0 spiro atoms. The van der Waals surface area contributed by atoms with Crippen molar-refractivity contribution in [2.45, 2.75) is 37.8 Å². The fraction of sp³-hybridized carbons (Fsp3) is 0.452. The number of halogens is 2. The Labute approximate surface area is 238 Å². The molecule has 3 aliphatic rings. The van der Waals surface area contributed by atoms with E-state index in [4.69, 9.17) is 26.1 Å². The van der Waals surface area contributed by atoms with E-state index < -0.39 is 5.82 Å². The minimum absolute atomic E-state index is 0.175. The first-order chi connectivity index (χ1) is 19.5. The summed E-state index contributed by atoms with van der Waals surface area (Å²) in [6.07, 6.45) is 6.49. The Balaban J connectivity index is 1.32. The molecule has 0 radical (unpaired) electrons. The first-order valence-corrected chi connectivity index (χ1v) is 14.5. The molecule has 0 amide bonds. The summed E-state index contributed by atoms with van der Waals surface area (Å²) < 4.78 is 28.3. The minimum Gasteiger partial charge on any atom is -0.462 e. The van der Waals surface area contributed by atoms with E-state index in [-0.39, 0.29) is 29.4 Å². The lowest BCUT2D eigenvalue weighted by atomic mass is 9.98. The lowest BCUT2D eigenvalue weighted by Crippen LogP contribution is -2.37. The maximum absolute atomic E-state index is 16.5. The van der Waals surface area contributed by atoms with E-state index in [2.05, 4.69) is 26.8 Å². The molecule has 2 aliphatic heterocycles. The van der Waals surface area contributed by atoms with Crippen LogP contribution in [0.5, 0.6) is 6.01 Å². The van der Waals surface area contributed by atoms with Crippen LogP contribution in [0.2, 0.25) is 5.02 Å². The maximum atomic E-state index is 16.5. The van der Waals surface area contributed by atoms with Gasteiger partial charge in [0.15, 0.2) is 5.82 Å². The van der Waals surface area contributed by atoms with Gasteiger partial charge in [-0.15, -0.1) is 0 Å². The van der Waals surface area contributed by atoms with Crippen molar-refractivity contribution in [3.8, 4) is 17.3 Å². The Kier molecular flexibility index (Phi) is 6.72. The van der Waals surface area contributed by atoms with Crippen molar-refractivity contribution in [3.63, 3.8) is 0 Å².